The number of aryl methyl sites for hydroxylation is 1. The molecule has 3 heteroatoms. The van der Waals surface area contributed by atoms with E-state index < -0.39 is 0 Å². The van der Waals surface area contributed by atoms with Crippen molar-refractivity contribution in [2.24, 2.45) is 5.92 Å². The number of halogens is 1. The average molecular weight is 223 g/mol. The first-order valence-electron chi connectivity index (χ1n) is 5.87. The van der Waals surface area contributed by atoms with Gasteiger partial charge in [0, 0.05) is 17.7 Å². The van der Waals surface area contributed by atoms with Gasteiger partial charge in [-0.05, 0) is 25.2 Å². The molecule has 2 aliphatic carbocycles. The van der Waals surface area contributed by atoms with E-state index in [1.54, 1.807) is 0 Å². The number of nitrogens with zero attached hydrogens (tertiary/aromatic N) is 2. The molecule has 0 saturated heterocycles. The molecular formula is C12H15ClN2. The molecule has 0 radical (unpaired) electrons. The molecule has 15 heavy (non-hydrogen) atoms. The SMILES string of the molecule is Clc1nc(CC2CCC2)nc2c1CCC2. The van der Waals surface area contributed by atoms with Gasteiger partial charge < -0.3 is 0 Å². The second-order valence-corrected chi connectivity index (χ2v) is 5.07. The highest BCUT2D eigenvalue weighted by atomic mass is 35.5. The maximum atomic E-state index is 6.17. The zero-order chi connectivity index (χ0) is 10.3. The van der Waals surface area contributed by atoms with Crippen molar-refractivity contribution in [2.45, 2.75) is 44.9 Å². The van der Waals surface area contributed by atoms with Crippen LogP contribution in [0.1, 0.15) is 42.8 Å². The van der Waals surface area contributed by atoms with Crippen LogP contribution in [0.2, 0.25) is 5.15 Å². The van der Waals surface area contributed by atoms with Gasteiger partial charge in [0.15, 0.2) is 0 Å². The summed E-state index contributed by atoms with van der Waals surface area (Å²) in [5.41, 5.74) is 2.42. The summed E-state index contributed by atoms with van der Waals surface area (Å²) < 4.78 is 0. The monoisotopic (exact) mass is 222 g/mol. The van der Waals surface area contributed by atoms with Crippen LogP contribution in [0.3, 0.4) is 0 Å². The van der Waals surface area contributed by atoms with Gasteiger partial charge in [-0.3, -0.25) is 0 Å². The molecule has 1 aromatic heterocycles. The van der Waals surface area contributed by atoms with Gasteiger partial charge in [0.25, 0.3) is 0 Å². The fourth-order valence-corrected chi connectivity index (χ4v) is 2.78. The Morgan fingerprint density at radius 3 is 2.73 bits per heavy atom. The fraction of sp³-hybridized carbons (Fsp3) is 0.667. The quantitative estimate of drug-likeness (QED) is 0.719. The van der Waals surface area contributed by atoms with Gasteiger partial charge in [-0.15, -0.1) is 0 Å². The van der Waals surface area contributed by atoms with Crippen LogP contribution in [0.25, 0.3) is 0 Å². The van der Waals surface area contributed by atoms with Crippen LogP contribution in [-0.2, 0) is 19.3 Å². The average Bonchev–Trinajstić information content (AvgIpc) is 2.59. The highest BCUT2D eigenvalue weighted by molar-refractivity contribution is 6.30. The minimum atomic E-state index is 0.715. The molecule has 1 heterocycles. The lowest BCUT2D eigenvalue weighted by atomic mass is 9.83. The summed E-state index contributed by atoms with van der Waals surface area (Å²) >= 11 is 6.17. The Hall–Kier alpha value is -0.630. The normalized spacial score (nSPS) is 20.1. The number of hydrogen-bond donors (Lipinski definition) is 0. The maximum absolute atomic E-state index is 6.17. The summed E-state index contributed by atoms with van der Waals surface area (Å²) in [5, 5.41) is 0.715. The highest BCUT2D eigenvalue weighted by Gasteiger charge is 2.22. The Morgan fingerprint density at radius 1 is 1.13 bits per heavy atom. The first-order valence-corrected chi connectivity index (χ1v) is 6.25. The van der Waals surface area contributed by atoms with Crippen LogP contribution in [0.15, 0.2) is 0 Å². The molecule has 0 aromatic carbocycles. The van der Waals surface area contributed by atoms with E-state index in [1.165, 1.54) is 36.9 Å². The van der Waals surface area contributed by atoms with E-state index in [2.05, 4.69) is 9.97 Å². The van der Waals surface area contributed by atoms with Crippen LogP contribution < -0.4 is 0 Å². The largest absolute Gasteiger partial charge is 0.238 e. The third kappa shape index (κ3) is 1.76. The number of hydrogen-bond acceptors (Lipinski definition) is 2. The van der Waals surface area contributed by atoms with Crippen molar-refractivity contribution < 1.29 is 0 Å². The van der Waals surface area contributed by atoms with E-state index in [4.69, 9.17) is 11.6 Å². The topological polar surface area (TPSA) is 25.8 Å². The molecule has 80 valence electrons. The van der Waals surface area contributed by atoms with Crippen LogP contribution >= 0.6 is 11.6 Å². The molecule has 0 amide bonds. The molecular weight excluding hydrogens is 208 g/mol. The third-order valence-corrected chi connectivity index (χ3v) is 3.94. The maximum Gasteiger partial charge on any atom is 0.136 e. The van der Waals surface area contributed by atoms with Crippen LogP contribution in [0.5, 0.6) is 0 Å². The second kappa shape index (κ2) is 3.75. The number of fused-ring (bicyclic) bond motifs is 1. The molecule has 2 aliphatic rings. The van der Waals surface area contributed by atoms with Crippen molar-refractivity contribution in [1.29, 1.82) is 0 Å². The molecule has 0 unspecified atom stereocenters. The molecule has 1 saturated carbocycles. The van der Waals surface area contributed by atoms with Gasteiger partial charge in [0.2, 0.25) is 0 Å². The molecule has 0 N–H and O–H groups in total. The van der Waals surface area contributed by atoms with Crippen LogP contribution in [0, 0.1) is 5.92 Å². The van der Waals surface area contributed by atoms with Crippen molar-refractivity contribution in [2.75, 3.05) is 0 Å². The zero-order valence-corrected chi connectivity index (χ0v) is 9.56. The van der Waals surface area contributed by atoms with Crippen molar-refractivity contribution >= 4 is 11.6 Å². The molecule has 0 aliphatic heterocycles. The summed E-state index contributed by atoms with van der Waals surface area (Å²) in [6, 6.07) is 0. The Balaban J connectivity index is 1.86. The van der Waals surface area contributed by atoms with Crippen molar-refractivity contribution in [3.8, 4) is 0 Å². The zero-order valence-electron chi connectivity index (χ0n) is 8.80. The summed E-state index contributed by atoms with van der Waals surface area (Å²) in [4.78, 5) is 9.06. The van der Waals surface area contributed by atoms with Crippen LogP contribution in [0.4, 0.5) is 0 Å². The molecule has 0 atom stereocenters. The lowest BCUT2D eigenvalue weighted by molar-refractivity contribution is 0.309. The van der Waals surface area contributed by atoms with Gasteiger partial charge in [-0.25, -0.2) is 9.97 Å². The Morgan fingerprint density at radius 2 is 2.00 bits per heavy atom. The van der Waals surface area contributed by atoms with Crippen LogP contribution in [-0.4, -0.2) is 9.97 Å². The van der Waals surface area contributed by atoms with Crippen molar-refractivity contribution in [3.63, 3.8) is 0 Å². The molecule has 3 rings (SSSR count). The van der Waals surface area contributed by atoms with Gasteiger partial charge >= 0.3 is 0 Å². The number of aromatic nitrogens is 2. The van der Waals surface area contributed by atoms with Gasteiger partial charge in [-0.2, -0.15) is 0 Å². The molecule has 1 aromatic rings. The lowest BCUT2D eigenvalue weighted by Gasteiger charge is -2.24. The van der Waals surface area contributed by atoms with Gasteiger partial charge in [0.05, 0.1) is 0 Å². The predicted octanol–water partition coefficient (Wildman–Crippen LogP) is 2.96. The summed E-state index contributed by atoms with van der Waals surface area (Å²) in [7, 11) is 0. The molecule has 0 spiro atoms. The van der Waals surface area contributed by atoms with Crippen molar-refractivity contribution in [1.82, 2.24) is 9.97 Å². The molecule has 2 nitrogen and oxygen atoms in total. The van der Waals surface area contributed by atoms with Gasteiger partial charge in [-0.1, -0.05) is 30.9 Å². The summed E-state index contributed by atoms with van der Waals surface area (Å²) in [5.74, 6) is 1.80. The van der Waals surface area contributed by atoms with E-state index in [0.717, 1.165) is 31.0 Å². The molecule has 1 fully saturated rings. The third-order valence-electron chi connectivity index (χ3n) is 3.62. The Bertz CT molecular complexity index is 385. The predicted molar refractivity (Wildman–Crippen MR) is 60.1 cm³/mol. The number of rotatable bonds is 2. The van der Waals surface area contributed by atoms with E-state index in [1.807, 2.05) is 0 Å². The summed E-state index contributed by atoms with van der Waals surface area (Å²) in [6.45, 7) is 0. The fourth-order valence-electron chi connectivity index (χ4n) is 2.48. The van der Waals surface area contributed by atoms with E-state index >= 15 is 0 Å². The van der Waals surface area contributed by atoms with E-state index in [9.17, 15) is 0 Å². The van der Waals surface area contributed by atoms with E-state index in [0.29, 0.717) is 5.15 Å². The molecule has 0 bridgehead atoms. The van der Waals surface area contributed by atoms with Gasteiger partial charge in [0.1, 0.15) is 11.0 Å². The summed E-state index contributed by atoms with van der Waals surface area (Å²) in [6.07, 6.45) is 8.45. The minimum Gasteiger partial charge on any atom is -0.238 e. The first-order chi connectivity index (χ1) is 7.33. The highest BCUT2D eigenvalue weighted by Crippen LogP contribution is 2.31. The minimum absolute atomic E-state index is 0.715. The second-order valence-electron chi connectivity index (χ2n) is 4.71. The Labute approximate surface area is 95.1 Å². The first kappa shape index (κ1) is 9.59. The Kier molecular flexibility index (Phi) is 2.39. The lowest BCUT2D eigenvalue weighted by Crippen LogP contribution is -2.16. The van der Waals surface area contributed by atoms with E-state index in [-0.39, 0.29) is 0 Å². The standard InChI is InChI=1S/C12H15ClN2/c13-12-9-5-2-6-10(9)14-11(15-12)7-8-3-1-4-8/h8H,1-7H2. The smallest absolute Gasteiger partial charge is 0.136 e. The van der Waals surface area contributed by atoms with Crippen molar-refractivity contribution in [3.05, 3.63) is 22.2 Å².